The third kappa shape index (κ3) is 2.80. The lowest BCUT2D eigenvalue weighted by molar-refractivity contribution is 0.411. The monoisotopic (exact) mass is 246 g/mol. The highest BCUT2D eigenvalue weighted by atomic mass is 16.5. The van der Waals surface area contributed by atoms with Crippen molar-refractivity contribution in [3.8, 4) is 5.75 Å². The molecular weight excluding hydrogens is 228 g/mol. The third-order valence-electron chi connectivity index (χ3n) is 2.63. The molecule has 1 heterocycles. The van der Waals surface area contributed by atoms with Gasteiger partial charge in [0, 0.05) is 12.0 Å². The Labute approximate surface area is 107 Å². The molecule has 18 heavy (non-hydrogen) atoms. The number of nitrogens with one attached hydrogen (secondary N) is 1. The van der Waals surface area contributed by atoms with Crippen LogP contribution in [0.3, 0.4) is 0 Å². The molecule has 5 heteroatoms. The van der Waals surface area contributed by atoms with E-state index in [1.165, 1.54) is 0 Å². The molecule has 0 aromatic heterocycles. The van der Waals surface area contributed by atoms with Crippen LogP contribution in [0, 0.1) is 0 Å². The third-order valence-corrected chi connectivity index (χ3v) is 2.63. The molecule has 2 rings (SSSR count). The summed E-state index contributed by atoms with van der Waals surface area (Å²) in [6, 6.07) is 7.86. The number of methoxy groups -OCH3 is 1. The summed E-state index contributed by atoms with van der Waals surface area (Å²) in [5.74, 6) is 2.05. The van der Waals surface area contributed by atoms with Crippen molar-refractivity contribution in [2.24, 2.45) is 15.7 Å². The van der Waals surface area contributed by atoms with Crippen molar-refractivity contribution in [1.29, 1.82) is 0 Å². The molecule has 0 spiro atoms. The minimum absolute atomic E-state index is 0.403. The SMILES string of the molecule is COc1ccccc1CC1=NC(C)(C)N=C(N)N1. The first-order valence-electron chi connectivity index (χ1n) is 5.83. The maximum Gasteiger partial charge on any atom is 0.196 e. The Balaban J connectivity index is 2.22. The Morgan fingerprint density at radius 1 is 1.28 bits per heavy atom. The Bertz CT molecular complexity index is 505. The summed E-state index contributed by atoms with van der Waals surface area (Å²) in [4.78, 5) is 8.73. The van der Waals surface area contributed by atoms with E-state index in [0.29, 0.717) is 12.4 Å². The predicted molar refractivity (Wildman–Crippen MR) is 73.0 cm³/mol. The predicted octanol–water partition coefficient (Wildman–Crippen LogP) is 1.29. The molecule has 0 fully saturated rings. The molecule has 0 bridgehead atoms. The van der Waals surface area contributed by atoms with Gasteiger partial charge in [0.1, 0.15) is 17.2 Å². The van der Waals surface area contributed by atoms with E-state index >= 15 is 0 Å². The van der Waals surface area contributed by atoms with Crippen LogP contribution in [-0.2, 0) is 6.42 Å². The maximum absolute atomic E-state index is 5.75. The number of benzene rings is 1. The summed E-state index contributed by atoms with van der Waals surface area (Å²) < 4.78 is 5.32. The number of para-hydroxylation sites is 1. The van der Waals surface area contributed by atoms with Gasteiger partial charge < -0.3 is 15.8 Å². The molecule has 0 unspecified atom stereocenters. The summed E-state index contributed by atoms with van der Waals surface area (Å²) in [6.45, 7) is 3.84. The first-order valence-corrected chi connectivity index (χ1v) is 5.83. The summed E-state index contributed by atoms with van der Waals surface area (Å²) in [7, 11) is 1.66. The molecule has 5 nitrogen and oxygen atoms in total. The topological polar surface area (TPSA) is 72.0 Å². The van der Waals surface area contributed by atoms with Gasteiger partial charge in [-0.2, -0.15) is 0 Å². The fourth-order valence-electron chi connectivity index (χ4n) is 1.97. The van der Waals surface area contributed by atoms with Gasteiger partial charge in [0.05, 0.1) is 7.11 Å². The summed E-state index contributed by atoms with van der Waals surface area (Å²) in [6.07, 6.45) is 0.643. The smallest absolute Gasteiger partial charge is 0.196 e. The second kappa shape index (κ2) is 4.68. The lowest BCUT2D eigenvalue weighted by Crippen LogP contribution is -2.44. The van der Waals surface area contributed by atoms with Gasteiger partial charge in [-0.15, -0.1) is 0 Å². The molecule has 1 aliphatic rings. The Morgan fingerprint density at radius 3 is 2.67 bits per heavy atom. The van der Waals surface area contributed by atoms with Crippen molar-refractivity contribution >= 4 is 11.8 Å². The summed E-state index contributed by atoms with van der Waals surface area (Å²) >= 11 is 0. The van der Waals surface area contributed by atoms with Crippen LogP contribution in [0.1, 0.15) is 19.4 Å². The van der Waals surface area contributed by atoms with E-state index in [4.69, 9.17) is 10.5 Å². The van der Waals surface area contributed by atoms with E-state index < -0.39 is 5.66 Å². The minimum atomic E-state index is -0.507. The van der Waals surface area contributed by atoms with E-state index in [1.807, 2.05) is 38.1 Å². The number of ether oxygens (including phenoxy) is 1. The Morgan fingerprint density at radius 2 is 2.00 bits per heavy atom. The van der Waals surface area contributed by atoms with E-state index in [2.05, 4.69) is 15.3 Å². The normalized spacial score (nSPS) is 17.5. The standard InChI is InChI=1S/C13H18N4O/c1-13(2)16-11(15-12(14)17-13)8-9-6-4-5-7-10(9)18-3/h4-7H,8H2,1-3H3,(H3,14,15,16,17). The zero-order valence-corrected chi connectivity index (χ0v) is 10.9. The quantitative estimate of drug-likeness (QED) is 0.844. The molecule has 1 aliphatic heterocycles. The van der Waals surface area contributed by atoms with Crippen molar-refractivity contribution < 1.29 is 4.74 Å². The van der Waals surface area contributed by atoms with Crippen LogP contribution in [0.15, 0.2) is 34.3 Å². The number of hydrogen-bond acceptors (Lipinski definition) is 5. The molecule has 0 amide bonds. The summed E-state index contributed by atoms with van der Waals surface area (Å²) in [5, 5.41) is 2.99. The van der Waals surface area contributed by atoms with Crippen molar-refractivity contribution in [3.05, 3.63) is 29.8 Å². The van der Waals surface area contributed by atoms with Crippen LogP contribution in [0.4, 0.5) is 0 Å². The van der Waals surface area contributed by atoms with Crippen LogP contribution in [0.2, 0.25) is 0 Å². The van der Waals surface area contributed by atoms with E-state index in [9.17, 15) is 0 Å². The molecule has 96 valence electrons. The van der Waals surface area contributed by atoms with Crippen molar-refractivity contribution in [2.75, 3.05) is 7.11 Å². The molecular formula is C13H18N4O. The average molecular weight is 246 g/mol. The van der Waals surface area contributed by atoms with E-state index in [1.54, 1.807) is 7.11 Å². The lowest BCUT2D eigenvalue weighted by Gasteiger charge is -2.24. The number of nitrogens with two attached hydrogens (primary N) is 1. The van der Waals surface area contributed by atoms with Gasteiger partial charge in [0.2, 0.25) is 0 Å². The molecule has 0 radical (unpaired) electrons. The molecule has 1 aromatic rings. The highest BCUT2D eigenvalue weighted by Gasteiger charge is 2.22. The van der Waals surface area contributed by atoms with Crippen LogP contribution in [0.25, 0.3) is 0 Å². The average Bonchev–Trinajstić information content (AvgIpc) is 2.27. The van der Waals surface area contributed by atoms with Crippen molar-refractivity contribution in [1.82, 2.24) is 5.32 Å². The largest absolute Gasteiger partial charge is 0.496 e. The fourth-order valence-corrected chi connectivity index (χ4v) is 1.97. The molecule has 0 saturated carbocycles. The van der Waals surface area contributed by atoms with Crippen LogP contribution < -0.4 is 15.8 Å². The van der Waals surface area contributed by atoms with Gasteiger partial charge in [-0.05, 0) is 19.9 Å². The lowest BCUT2D eigenvalue weighted by atomic mass is 10.1. The van der Waals surface area contributed by atoms with Crippen molar-refractivity contribution in [3.63, 3.8) is 0 Å². The van der Waals surface area contributed by atoms with Crippen molar-refractivity contribution in [2.45, 2.75) is 25.9 Å². The number of aliphatic imine (C=N–C) groups is 2. The van der Waals surface area contributed by atoms with Gasteiger partial charge in [-0.3, -0.25) is 0 Å². The Kier molecular flexibility index (Phi) is 3.23. The van der Waals surface area contributed by atoms with Gasteiger partial charge >= 0.3 is 0 Å². The zero-order chi connectivity index (χ0) is 13.2. The number of nitrogens with zero attached hydrogens (tertiary/aromatic N) is 2. The zero-order valence-electron chi connectivity index (χ0n) is 10.9. The van der Waals surface area contributed by atoms with Gasteiger partial charge in [-0.25, -0.2) is 9.98 Å². The number of rotatable bonds is 3. The Hall–Kier alpha value is -2.04. The number of guanidine groups is 1. The van der Waals surface area contributed by atoms with Gasteiger partial charge in [0.15, 0.2) is 5.96 Å². The highest BCUT2D eigenvalue weighted by Crippen LogP contribution is 2.20. The van der Waals surface area contributed by atoms with Crippen LogP contribution in [-0.4, -0.2) is 24.6 Å². The number of amidine groups is 1. The molecule has 0 saturated heterocycles. The maximum atomic E-state index is 5.75. The first-order chi connectivity index (χ1) is 8.50. The van der Waals surface area contributed by atoms with E-state index in [-0.39, 0.29) is 0 Å². The fraction of sp³-hybridized carbons (Fsp3) is 0.385. The molecule has 0 aliphatic carbocycles. The molecule has 3 N–H and O–H groups in total. The van der Waals surface area contributed by atoms with Gasteiger partial charge in [-0.1, -0.05) is 18.2 Å². The first kappa shape index (κ1) is 12.4. The number of hydrogen-bond donors (Lipinski definition) is 2. The molecule has 0 atom stereocenters. The second-order valence-corrected chi connectivity index (χ2v) is 4.66. The summed E-state index contributed by atoms with van der Waals surface area (Å²) in [5.41, 5.74) is 6.31. The van der Waals surface area contributed by atoms with Crippen LogP contribution in [0.5, 0.6) is 5.75 Å². The highest BCUT2D eigenvalue weighted by molar-refractivity contribution is 6.01. The molecule has 1 aromatic carbocycles. The van der Waals surface area contributed by atoms with Gasteiger partial charge in [0.25, 0.3) is 0 Å². The van der Waals surface area contributed by atoms with Crippen LogP contribution >= 0.6 is 0 Å². The minimum Gasteiger partial charge on any atom is -0.496 e. The second-order valence-electron chi connectivity index (χ2n) is 4.66. The van der Waals surface area contributed by atoms with E-state index in [0.717, 1.165) is 17.1 Å².